The summed E-state index contributed by atoms with van der Waals surface area (Å²) >= 11 is 5.80. The van der Waals surface area contributed by atoms with Crippen molar-refractivity contribution in [3.05, 3.63) is 53.4 Å². The molecular formula is C13H11ClN4O2S. The average Bonchev–Trinajstić information content (AvgIpc) is 2.98. The molecule has 0 aliphatic carbocycles. The first-order valence-electron chi connectivity index (χ1n) is 6.09. The molecule has 3 aromatic rings. The van der Waals surface area contributed by atoms with Gasteiger partial charge in [0.15, 0.2) is 0 Å². The lowest BCUT2D eigenvalue weighted by atomic mass is 10.2. The van der Waals surface area contributed by atoms with Gasteiger partial charge in [-0.15, -0.1) is 0 Å². The van der Waals surface area contributed by atoms with Gasteiger partial charge < -0.3 is 0 Å². The molecule has 2 heterocycles. The first-order chi connectivity index (χ1) is 10.0. The Balaban J connectivity index is 1.89. The number of fused-ring (bicyclic) bond motifs is 1. The van der Waals surface area contributed by atoms with Crippen molar-refractivity contribution >= 4 is 32.5 Å². The first kappa shape index (κ1) is 14.0. The zero-order valence-electron chi connectivity index (χ0n) is 10.7. The fourth-order valence-corrected chi connectivity index (χ4v) is 3.08. The minimum atomic E-state index is -3.60. The van der Waals surface area contributed by atoms with Crippen molar-refractivity contribution in [1.29, 1.82) is 0 Å². The molecule has 0 fully saturated rings. The van der Waals surface area contributed by atoms with E-state index < -0.39 is 10.0 Å². The highest BCUT2D eigenvalue weighted by Crippen LogP contribution is 2.19. The van der Waals surface area contributed by atoms with Gasteiger partial charge in [-0.05, 0) is 36.4 Å². The van der Waals surface area contributed by atoms with E-state index in [1.807, 2.05) is 0 Å². The molecular weight excluding hydrogens is 312 g/mol. The molecule has 0 amide bonds. The number of nitrogens with zero attached hydrogens (tertiary/aromatic N) is 2. The SMILES string of the molecule is O=S(=O)(NCc1ccn[nH]1)c1ccc2nc(Cl)ccc2c1. The van der Waals surface area contributed by atoms with Gasteiger partial charge in [0.2, 0.25) is 10.0 Å². The molecule has 0 radical (unpaired) electrons. The summed E-state index contributed by atoms with van der Waals surface area (Å²) in [4.78, 5) is 4.30. The smallest absolute Gasteiger partial charge is 0.240 e. The van der Waals surface area contributed by atoms with Crippen LogP contribution >= 0.6 is 11.6 Å². The van der Waals surface area contributed by atoms with Gasteiger partial charge in [-0.2, -0.15) is 5.10 Å². The molecule has 0 bridgehead atoms. The van der Waals surface area contributed by atoms with Crippen LogP contribution in [0, 0.1) is 0 Å². The highest BCUT2D eigenvalue weighted by Gasteiger charge is 2.14. The lowest BCUT2D eigenvalue weighted by Crippen LogP contribution is -2.23. The van der Waals surface area contributed by atoms with Crippen molar-refractivity contribution in [2.24, 2.45) is 0 Å². The van der Waals surface area contributed by atoms with Crippen LogP contribution in [0.1, 0.15) is 5.69 Å². The molecule has 3 rings (SSSR count). The summed E-state index contributed by atoms with van der Waals surface area (Å²) in [5.74, 6) is 0. The van der Waals surface area contributed by atoms with Crippen molar-refractivity contribution in [2.45, 2.75) is 11.4 Å². The lowest BCUT2D eigenvalue weighted by Gasteiger charge is -2.07. The second-order valence-corrected chi connectivity index (χ2v) is 6.55. The number of aromatic nitrogens is 3. The van der Waals surface area contributed by atoms with Crippen LogP contribution in [0.5, 0.6) is 0 Å². The van der Waals surface area contributed by atoms with E-state index in [0.717, 1.165) is 0 Å². The fraction of sp³-hybridized carbons (Fsp3) is 0.0769. The molecule has 2 N–H and O–H groups in total. The highest BCUT2D eigenvalue weighted by molar-refractivity contribution is 7.89. The molecule has 0 spiro atoms. The van der Waals surface area contributed by atoms with Crippen molar-refractivity contribution in [1.82, 2.24) is 19.9 Å². The number of sulfonamides is 1. The summed E-state index contributed by atoms with van der Waals surface area (Å²) in [6.07, 6.45) is 1.56. The third kappa shape index (κ3) is 3.05. The zero-order valence-corrected chi connectivity index (χ0v) is 12.3. The van der Waals surface area contributed by atoms with Crippen LogP contribution in [-0.4, -0.2) is 23.6 Å². The number of halogens is 1. The van der Waals surface area contributed by atoms with Crippen LogP contribution < -0.4 is 4.72 Å². The van der Waals surface area contributed by atoms with Crippen LogP contribution in [0.3, 0.4) is 0 Å². The first-order valence-corrected chi connectivity index (χ1v) is 7.95. The molecule has 108 valence electrons. The number of nitrogens with one attached hydrogen (secondary N) is 2. The van der Waals surface area contributed by atoms with E-state index in [-0.39, 0.29) is 11.4 Å². The molecule has 0 saturated carbocycles. The predicted octanol–water partition coefficient (Wildman–Crippen LogP) is 2.09. The molecule has 6 nitrogen and oxygen atoms in total. The maximum absolute atomic E-state index is 12.2. The van der Waals surface area contributed by atoms with E-state index in [4.69, 9.17) is 11.6 Å². The Morgan fingerprint density at radius 3 is 2.81 bits per heavy atom. The van der Waals surface area contributed by atoms with Crippen LogP contribution in [0.4, 0.5) is 0 Å². The van der Waals surface area contributed by atoms with Gasteiger partial charge in [-0.25, -0.2) is 18.1 Å². The summed E-state index contributed by atoms with van der Waals surface area (Å²) in [6.45, 7) is 0.152. The van der Waals surface area contributed by atoms with E-state index in [0.29, 0.717) is 21.7 Å². The molecule has 0 aliphatic heterocycles. The normalized spacial score (nSPS) is 11.9. The minimum absolute atomic E-state index is 0.152. The molecule has 0 unspecified atom stereocenters. The Bertz CT molecular complexity index is 878. The van der Waals surface area contributed by atoms with Crippen molar-refractivity contribution in [2.75, 3.05) is 0 Å². The van der Waals surface area contributed by atoms with Gasteiger partial charge in [0, 0.05) is 11.6 Å². The summed E-state index contributed by atoms with van der Waals surface area (Å²) in [6, 6.07) is 9.76. The number of benzene rings is 1. The second-order valence-electron chi connectivity index (χ2n) is 4.39. The number of aromatic amines is 1. The maximum atomic E-state index is 12.2. The van der Waals surface area contributed by atoms with E-state index in [2.05, 4.69) is 19.9 Å². The third-order valence-corrected chi connectivity index (χ3v) is 4.56. The van der Waals surface area contributed by atoms with E-state index in [9.17, 15) is 8.42 Å². The number of hydrogen-bond acceptors (Lipinski definition) is 4. The zero-order chi connectivity index (χ0) is 14.9. The Hall–Kier alpha value is -1.96. The molecule has 0 atom stereocenters. The minimum Gasteiger partial charge on any atom is -0.281 e. The quantitative estimate of drug-likeness (QED) is 0.720. The molecule has 0 aliphatic rings. The Morgan fingerprint density at radius 1 is 1.19 bits per heavy atom. The van der Waals surface area contributed by atoms with E-state index in [1.54, 1.807) is 36.5 Å². The van der Waals surface area contributed by atoms with Gasteiger partial charge >= 0.3 is 0 Å². The van der Waals surface area contributed by atoms with E-state index in [1.165, 1.54) is 6.07 Å². The van der Waals surface area contributed by atoms with Gasteiger partial charge in [-0.3, -0.25) is 5.10 Å². The molecule has 21 heavy (non-hydrogen) atoms. The molecule has 2 aromatic heterocycles. The maximum Gasteiger partial charge on any atom is 0.240 e. The highest BCUT2D eigenvalue weighted by atomic mass is 35.5. The van der Waals surface area contributed by atoms with Crippen molar-refractivity contribution in [3.63, 3.8) is 0 Å². The summed E-state index contributed by atoms with van der Waals surface area (Å²) < 4.78 is 27.0. The van der Waals surface area contributed by atoms with Crippen LogP contribution in [-0.2, 0) is 16.6 Å². The number of hydrogen-bond donors (Lipinski definition) is 2. The number of rotatable bonds is 4. The number of H-pyrrole nitrogens is 1. The summed E-state index contributed by atoms with van der Waals surface area (Å²) in [5, 5.41) is 7.54. The second kappa shape index (κ2) is 5.44. The topological polar surface area (TPSA) is 87.7 Å². The molecule has 1 aromatic carbocycles. The lowest BCUT2D eigenvalue weighted by molar-refractivity contribution is 0.580. The van der Waals surface area contributed by atoms with Crippen molar-refractivity contribution in [3.8, 4) is 0 Å². The van der Waals surface area contributed by atoms with E-state index >= 15 is 0 Å². The van der Waals surface area contributed by atoms with Gasteiger partial charge in [0.25, 0.3) is 0 Å². The van der Waals surface area contributed by atoms with Gasteiger partial charge in [0.1, 0.15) is 5.15 Å². The third-order valence-electron chi connectivity index (χ3n) is 2.95. The standard InChI is InChI=1S/C13H11ClN4O2S/c14-13-4-1-9-7-11(2-3-12(9)17-13)21(19,20)16-8-10-5-6-15-18-10/h1-7,16H,8H2,(H,15,18). The fourth-order valence-electron chi connectivity index (χ4n) is 1.89. The summed E-state index contributed by atoms with van der Waals surface area (Å²) in [7, 11) is -3.60. The average molecular weight is 323 g/mol. The summed E-state index contributed by atoms with van der Waals surface area (Å²) in [5.41, 5.74) is 1.34. The largest absolute Gasteiger partial charge is 0.281 e. The van der Waals surface area contributed by atoms with Crippen LogP contribution in [0.2, 0.25) is 5.15 Å². The van der Waals surface area contributed by atoms with Gasteiger partial charge in [0.05, 0.1) is 22.7 Å². The van der Waals surface area contributed by atoms with Crippen LogP contribution in [0.25, 0.3) is 10.9 Å². The Morgan fingerprint density at radius 2 is 2.05 bits per heavy atom. The molecule has 8 heteroatoms. The van der Waals surface area contributed by atoms with Crippen LogP contribution in [0.15, 0.2) is 47.5 Å². The monoisotopic (exact) mass is 322 g/mol. The van der Waals surface area contributed by atoms with Gasteiger partial charge in [-0.1, -0.05) is 11.6 Å². The van der Waals surface area contributed by atoms with Crippen molar-refractivity contribution < 1.29 is 8.42 Å². The predicted molar refractivity (Wildman–Crippen MR) is 79.4 cm³/mol. The Labute approximate surface area is 126 Å². The Kier molecular flexibility index (Phi) is 3.62. The number of pyridine rings is 1. The molecule has 0 saturated heterocycles.